The number of aromatic nitrogens is 4. The highest BCUT2D eigenvalue weighted by atomic mass is 16.5. The predicted octanol–water partition coefficient (Wildman–Crippen LogP) is 3.36. The van der Waals surface area contributed by atoms with Crippen molar-refractivity contribution in [1.29, 1.82) is 0 Å². The van der Waals surface area contributed by atoms with E-state index >= 15 is 0 Å². The zero-order chi connectivity index (χ0) is 31.7. The Bertz CT molecular complexity index is 2060. The van der Waals surface area contributed by atoms with E-state index in [2.05, 4.69) is 85.1 Å². The zero-order valence-corrected chi connectivity index (χ0v) is 26.3. The van der Waals surface area contributed by atoms with Gasteiger partial charge in [0.1, 0.15) is 0 Å². The number of rotatable bonds is 8. The van der Waals surface area contributed by atoms with Crippen LogP contribution in [0.3, 0.4) is 0 Å². The van der Waals surface area contributed by atoms with Crippen LogP contribution in [0, 0.1) is 27.7 Å². The smallest absolute Gasteiger partial charge is 0.305 e. The molecule has 0 amide bonds. The Morgan fingerprint density at radius 2 is 1.09 bits per heavy atom. The standard InChI is InChI=1S/C36H40N4O4/c1-9-23-19(3)27-15-28-21(5)25(11-13-35(41)43-7)33(39-28)18-34-26(12-14-36(42)44-8)22(6)30(40-34)17-32-24(10-2)20(4)29(38-32)16-31(23)37-27/h9-10,15-18,37-40H,1-2,11-14H2,3-8H3/b27-15-,28-15?,29-16?,30-17?,31-16-,32-17?,33-18?,34-18-. The second kappa shape index (κ2) is 12.3. The fourth-order valence-corrected chi connectivity index (χ4v) is 6.12. The maximum atomic E-state index is 12.2. The molecule has 0 saturated carbocycles. The number of hydrogen-bond donors (Lipinski definition) is 4. The van der Waals surface area contributed by atoms with Crippen molar-refractivity contribution in [2.24, 2.45) is 0 Å². The minimum atomic E-state index is -0.264. The van der Waals surface area contributed by atoms with E-state index in [0.717, 1.165) is 88.7 Å². The Hall–Kier alpha value is -4.98. The second-order valence-electron chi connectivity index (χ2n) is 11.2. The fraction of sp³-hybridized carbons (Fsp3) is 0.278. The Balaban J connectivity index is 1.89. The molecule has 4 N–H and O–H groups in total. The molecule has 0 atom stereocenters. The summed E-state index contributed by atoms with van der Waals surface area (Å²) in [5, 5.41) is 3.73. The number of carbonyl (C=O) groups is 2. The molecular weight excluding hydrogens is 552 g/mol. The van der Waals surface area contributed by atoms with Crippen molar-refractivity contribution in [3.8, 4) is 0 Å². The van der Waals surface area contributed by atoms with Gasteiger partial charge in [-0.3, -0.25) is 9.59 Å². The number of aromatic amines is 4. The van der Waals surface area contributed by atoms with E-state index in [-0.39, 0.29) is 24.8 Å². The van der Waals surface area contributed by atoms with Crippen LogP contribution >= 0.6 is 0 Å². The molecule has 8 bridgehead atoms. The van der Waals surface area contributed by atoms with Gasteiger partial charge in [-0.15, -0.1) is 0 Å². The summed E-state index contributed by atoms with van der Waals surface area (Å²) < 4.78 is 9.91. The molecule has 5 rings (SSSR count). The van der Waals surface area contributed by atoms with Crippen LogP contribution < -0.4 is 21.4 Å². The molecule has 0 spiro atoms. The monoisotopic (exact) mass is 592 g/mol. The summed E-state index contributed by atoms with van der Waals surface area (Å²) >= 11 is 0. The molecule has 4 aromatic rings. The minimum Gasteiger partial charge on any atom is -0.469 e. The van der Waals surface area contributed by atoms with E-state index in [1.807, 2.05) is 12.2 Å². The fourth-order valence-electron chi connectivity index (χ4n) is 6.12. The molecule has 5 heterocycles. The Kier molecular flexibility index (Phi) is 8.54. The molecule has 8 nitrogen and oxygen atoms in total. The van der Waals surface area contributed by atoms with Gasteiger partial charge < -0.3 is 29.4 Å². The Morgan fingerprint density at radius 1 is 0.591 bits per heavy atom. The van der Waals surface area contributed by atoms with E-state index in [0.29, 0.717) is 12.8 Å². The Labute approximate surface area is 256 Å². The number of carbonyl (C=O) groups excluding carboxylic acids is 2. The van der Waals surface area contributed by atoms with Crippen LogP contribution in [-0.4, -0.2) is 46.1 Å². The summed E-state index contributed by atoms with van der Waals surface area (Å²) in [5.41, 5.74) is 12.1. The molecule has 0 radical (unpaired) electrons. The van der Waals surface area contributed by atoms with Crippen molar-refractivity contribution >= 4 is 48.4 Å². The SMILES string of the molecule is C=Cc1c2[nH]c(c1C)/C=c1\[nH]/c(c(C)c1C=C)=C\c1[nH]c(c(CCC(=O)OC)c1C)/C=c1\[nH]c(c(C)c1CCC(=O)OC)=C2. The lowest BCUT2D eigenvalue weighted by Crippen LogP contribution is -2.14. The van der Waals surface area contributed by atoms with Crippen molar-refractivity contribution in [3.63, 3.8) is 0 Å². The van der Waals surface area contributed by atoms with Gasteiger partial charge in [0.05, 0.1) is 14.2 Å². The molecule has 1 aliphatic rings. The molecule has 44 heavy (non-hydrogen) atoms. The topological polar surface area (TPSA) is 116 Å². The normalized spacial score (nSPS) is 14.3. The maximum absolute atomic E-state index is 12.2. The predicted molar refractivity (Wildman–Crippen MR) is 176 cm³/mol. The van der Waals surface area contributed by atoms with Crippen molar-refractivity contribution < 1.29 is 19.1 Å². The van der Waals surface area contributed by atoms with Gasteiger partial charge in [0.2, 0.25) is 0 Å². The first kappa shape index (κ1) is 30.5. The molecule has 0 fully saturated rings. The van der Waals surface area contributed by atoms with Gasteiger partial charge in [0.15, 0.2) is 0 Å². The van der Waals surface area contributed by atoms with E-state index in [4.69, 9.17) is 9.47 Å². The average molecular weight is 593 g/mol. The molecule has 8 heteroatoms. The summed E-state index contributed by atoms with van der Waals surface area (Å²) in [4.78, 5) is 38.8. The summed E-state index contributed by atoms with van der Waals surface area (Å²) in [6.07, 6.45) is 13.7. The van der Waals surface area contributed by atoms with Crippen LogP contribution in [0.25, 0.3) is 36.5 Å². The van der Waals surface area contributed by atoms with Crippen LogP contribution in [0.4, 0.5) is 0 Å². The molecule has 228 valence electrons. The summed E-state index contributed by atoms with van der Waals surface area (Å²) in [5.74, 6) is -0.526. The van der Waals surface area contributed by atoms with E-state index in [1.54, 1.807) is 0 Å². The first-order chi connectivity index (χ1) is 21.1. The van der Waals surface area contributed by atoms with Crippen molar-refractivity contribution in [1.82, 2.24) is 19.9 Å². The molecule has 0 aliphatic carbocycles. The van der Waals surface area contributed by atoms with Crippen molar-refractivity contribution in [3.05, 3.63) is 102 Å². The van der Waals surface area contributed by atoms with Crippen LogP contribution in [-0.2, 0) is 31.9 Å². The number of esters is 2. The molecule has 0 unspecified atom stereocenters. The lowest BCUT2D eigenvalue weighted by atomic mass is 10.0. The summed E-state index contributed by atoms with van der Waals surface area (Å²) in [7, 11) is 2.81. The average Bonchev–Trinajstić information content (AvgIpc) is 3.67. The van der Waals surface area contributed by atoms with Crippen LogP contribution in [0.2, 0.25) is 0 Å². The molecule has 1 aliphatic heterocycles. The molecule has 0 saturated heterocycles. The highest BCUT2D eigenvalue weighted by molar-refractivity contribution is 5.73. The zero-order valence-electron chi connectivity index (χ0n) is 26.3. The lowest BCUT2D eigenvalue weighted by molar-refractivity contribution is -0.141. The van der Waals surface area contributed by atoms with Gasteiger partial charge >= 0.3 is 11.9 Å². The first-order valence-electron chi connectivity index (χ1n) is 14.8. The number of nitrogens with one attached hydrogen (secondary N) is 4. The van der Waals surface area contributed by atoms with Gasteiger partial charge in [-0.05, 0) is 98.2 Å². The third-order valence-corrected chi connectivity index (χ3v) is 8.81. The van der Waals surface area contributed by atoms with Crippen molar-refractivity contribution in [2.45, 2.75) is 53.4 Å². The van der Waals surface area contributed by atoms with E-state index in [9.17, 15) is 9.59 Å². The van der Waals surface area contributed by atoms with Crippen LogP contribution in [0.5, 0.6) is 0 Å². The van der Waals surface area contributed by atoms with Crippen molar-refractivity contribution in [2.75, 3.05) is 14.2 Å². The molecule has 0 aromatic carbocycles. The minimum absolute atomic E-state index is 0.256. The van der Waals surface area contributed by atoms with Gasteiger partial charge in [0, 0.05) is 68.1 Å². The number of methoxy groups -OCH3 is 2. The molecule has 4 aromatic heterocycles. The summed E-state index contributed by atoms with van der Waals surface area (Å²) in [6.45, 7) is 16.5. The number of fused-ring (bicyclic) bond motifs is 8. The maximum Gasteiger partial charge on any atom is 0.305 e. The van der Waals surface area contributed by atoms with Gasteiger partial charge in [-0.25, -0.2) is 0 Å². The largest absolute Gasteiger partial charge is 0.469 e. The van der Waals surface area contributed by atoms with Gasteiger partial charge in [-0.2, -0.15) is 0 Å². The highest BCUT2D eigenvalue weighted by Gasteiger charge is 2.17. The first-order valence-corrected chi connectivity index (χ1v) is 14.8. The third-order valence-electron chi connectivity index (χ3n) is 8.81. The number of ether oxygens (including phenoxy) is 2. The quantitative estimate of drug-likeness (QED) is 0.207. The summed E-state index contributed by atoms with van der Waals surface area (Å²) in [6, 6.07) is 0. The highest BCUT2D eigenvalue weighted by Crippen LogP contribution is 2.24. The number of H-pyrrole nitrogens is 4. The van der Waals surface area contributed by atoms with E-state index < -0.39 is 0 Å². The third kappa shape index (κ3) is 5.55. The lowest BCUT2D eigenvalue weighted by Gasteiger charge is -2.03. The molecular formula is C36H40N4O4. The van der Waals surface area contributed by atoms with E-state index in [1.165, 1.54) is 14.2 Å². The number of hydrogen-bond acceptors (Lipinski definition) is 4. The Morgan fingerprint density at radius 3 is 1.73 bits per heavy atom. The van der Waals surface area contributed by atoms with Crippen LogP contribution in [0.1, 0.15) is 80.1 Å². The van der Waals surface area contributed by atoms with Crippen LogP contribution in [0.15, 0.2) is 13.2 Å². The second-order valence-corrected chi connectivity index (χ2v) is 11.2. The van der Waals surface area contributed by atoms with Gasteiger partial charge in [-0.1, -0.05) is 25.3 Å². The van der Waals surface area contributed by atoms with Gasteiger partial charge in [0.25, 0.3) is 0 Å².